The normalized spacial score (nSPS) is 13.4. The summed E-state index contributed by atoms with van der Waals surface area (Å²) in [5, 5.41) is 0. The van der Waals surface area contributed by atoms with E-state index >= 15 is 0 Å². The van der Waals surface area contributed by atoms with E-state index < -0.39 is 10.0 Å². The predicted molar refractivity (Wildman–Crippen MR) is 111 cm³/mol. The molecule has 1 aliphatic rings. The van der Waals surface area contributed by atoms with Gasteiger partial charge in [0.15, 0.2) is 0 Å². The number of rotatable bonds is 6. The fraction of sp³-hybridized carbons (Fsp3) is 0.0476. The highest BCUT2D eigenvalue weighted by molar-refractivity contribution is 7.99. The first kappa shape index (κ1) is 19.2. The molecule has 146 valence electrons. The van der Waals surface area contributed by atoms with E-state index in [1.807, 2.05) is 0 Å². The van der Waals surface area contributed by atoms with Gasteiger partial charge >= 0.3 is 0 Å². The average molecular weight is 425 g/mol. The number of hydrogen-bond donors (Lipinski definition) is 1. The number of carbonyl (C=O) groups excluding carboxylic acids is 2. The van der Waals surface area contributed by atoms with Crippen LogP contribution in [0.5, 0.6) is 0 Å². The number of nitrogens with one attached hydrogen (secondary N) is 1. The molecule has 6 nitrogen and oxygen atoms in total. The third-order valence-corrected chi connectivity index (χ3v) is 6.79. The summed E-state index contributed by atoms with van der Waals surface area (Å²) >= 11 is 1.33. The Bertz CT molecular complexity index is 1140. The minimum absolute atomic E-state index is 0.182. The van der Waals surface area contributed by atoms with Crippen LogP contribution in [0.4, 0.5) is 5.69 Å². The number of nitrogens with zero attached hydrogens (tertiary/aromatic N) is 1. The van der Waals surface area contributed by atoms with E-state index in [2.05, 4.69) is 4.72 Å². The van der Waals surface area contributed by atoms with Crippen molar-refractivity contribution in [3.05, 3.63) is 90.0 Å². The highest BCUT2D eigenvalue weighted by atomic mass is 32.2. The molecule has 3 aromatic carbocycles. The highest BCUT2D eigenvalue weighted by Gasteiger charge is 2.34. The maximum absolute atomic E-state index is 12.4. The van der Waals surface area contributed by atoms with Gasteiger partial charge in [-0.2, -0.15) is 0 Å². The summed E-state index contributed by atoms with van der Waals surface area (Å²) in [5.41, 5.74) is 1.27. The third-order valence-electron chi connectivity index (χ3n) is 4.40. The minimum atomic E-state index is -3.65. The van der Waals surface area contributed by atoms with Gasteiger partial charge in [0, 0.05) is 10.6 Å². The van der Waals surface area contributed by atoms with Crippen molar-refractivity contribution in [2.75, 3.05) is 10.6 Å². The predicted octanol–water partition coefficient (Wildman–Crippen LogP) is 3.83. The summed E-state index contributed by atoms with van der Waals surface area (Å²) in [6, 6.07) is 21.6. The third kappa shape index (κ3) is 3.90. The van der Waals surface area contributed by atoms with Gasteiger partial charge in [-0.1, -0.05) is 30.3 Å². The smallest absolute Gasteiger partial charge is 0.262 e. The van der Waals surface area contributed by atoms with E-state index in [9.17, 15) is 18.0 Å². The van der Waals surface area contributed by atoms with E-state index in [0.29, 0.717) is 16.8 Å². The van der Waals surface area contributed by atoms with E-state index in [0.717, 1.165) is 4.90 Å². The first-order valence-corrected chi connectivity index (χ1v) is 11.2. The van der Waals surface area contributed by atoms with Gasteiger partial charge in [-0.25, -0.2) is 8.42 Å². The highest BCUT2D eigenvalue weighted by Crippen LogP contribution is 2.28. The number of anilines is 1. The Morgan fingerprint density at radius 1 is 0.759 bits per heavy atom. The maximum Gasteiger partial charge on any atom is 0.262 e. The van der Waals surface area contributed by atoms with Crippen LogP contribution in [0, 0.1) is 0 Å². The Morgan fingerprint density at radius 2 is 1.31 bits per heavy atom. The lowest BCUT2D eigenvalue weighted by Crippen LogP contribution is -2.29. The van der Waals surface area contributed by atoms with Gasteiger partial charge < -0.3 is 0 Å². The molecule has 0 atom stereocenters. The van der Waals surface area contributed by atoms with Gasteiger partial charge in [-0.15, -0.1) is 11.8 Å². The average Bonchev–Trinajstić information content (AvgIpc) is 2.98. The molecule has 0 spiro atoms. The van der Waals surface area contributed by atoms with Crippen molar-refractivity contribution >= 4 is 39.3 Å². The van der Waals surface area contributed by atoms with E-state index in [-0.39, 0.29) is 22.6 Å². The molecular formula is C21H16N2O4S2. The molecular weight excluding hydrogens is 408 g/mol. The minimum Gasteiger partial charge on any atom is -0.280 e. The number of amides is 2. The van der Waals surface area contributed by atoms with E-state index in [4.69, 9.17) is 0 Å². The quantitative estimate of drug-likeness (QED) is 0.480. The van der Waals surface area contributed by atoms with Crippen LogP contribution in [0.1, 0.15) is 20.7 Å². The van der Waals surface area contributed by atoms with Gasteiger partial charge in [-0.3, -0.25) is 19.2 Å². The lowest BCUT2D eigenvalue weighted by atomic mass is 10.1. The first-order chi connectivity index (χ1) is 14.0. The molecule has 0 saturated carbocycles. The molecule has 4 rings (SSSR count). The second-order valence-corrected chi connectivity index (χ2v) is 9.00. The van der Waals surface area contributed by atoms with Crippen LogP contribution in [0.2, 0.25) is 0 Å². The Kier molecular flexibility index (Phi) is 5.12. The van der Waals surface area contributed by atoms with Crippen molar-refractivity contribution < 1.29 is 18.0 Å². The summed E-state index contributed by atoms with van der Waals surface area (Å²) in [6.45, 7) is 0. The topological polar surface area (TPSA) is 83.6 Å². The Hall–Kier alpha value is -3.10. The summed E-state index contributed by atoms with van der Waals surface area (Å²) in [4.78, 5) is 27.0. The molecule has 2 amide bonds. The number of benzene rings is 3. The summed E-state index contributed by atoms with van der Waals surface area (Å²) in [5.74, 6) is -0.419. The molecule has 0 radical (unpaired) electrons. The number of carbonyl (C=O) groups is 2. The standard InChI is InChI=1S/C21H16N2O4S2/c24-20-18-8-4-5-9-19(18)21(25)23(20)14-28-16-12-10-15(11-13-16)22-29(26,27)17-6-2-1-3-7-17/h1-13,22H,14H2. The molecule has 3 aromatic rings. The maximum atomic E-state index is 12.4. The second-order valence-electron chi connectivity index (χ2n) is 6.30. The number of thioether (sulfide) groups is 1. The first-order valence-electron chi connectivity index (χ1n) is 8.72. The Morgan fingerprint density at radius 3 is 1.90 bits per heavy atom. The molecule has 0 unspecified atom stereocenters. The molecule has 0 aliphatic carbocycles. The van der Waals surface area contributed by atoms with Crippen molar-refractivity contribution in [2.45, 2.75) is 9.79 Å². The van der Waals surface area contributed by atoms with Crippen molar-refractivity contribution in [3.63, 3.8) is 0 Å². The zero-order chi connectivity index (χ0) is 20.4. The molecule has 29 heavy (non-hydrogen) atoms. The van der Waals surface area contributed by atoms with E-state index in [1.54, 1.807) is 66.7 Å². The van der Waals surface area contributed by atoms with Gasteiger partial charge in [0.1, 0.15) is 0 Å². The van der Waals surface area contributed by atoms with Crippen molar-refractivity contribution in [2.24, 2.45) is 0 Å². The number of hydrogen-bond acceptors (Lipinski definition) is 5. The van der Waals surface area contributed by atoms with Crippen LogP contribution in [0.15, 0.2) is 88.7 Å². The molecule has 1 N–H and O–H groups in total. The van der Waals surface area contributed by atoms with Crippen LogP contribution in [0.3, 0.4) is 0 Å². The molecule has 8 heteroatoms. The van der Waals surface area contributed by atoms with Gasteiger partial charge in [-0.05, 0) is 48.5 Å². The molecule has 0 bridgehead atoms. The van der Waals surface area contributed by atoms with Crippen LogP contribution in [0.25, 0.3) is 0 Å². The molecule has 0 fully saturated rings. The van der Waals surface area contributed by atoms with Crippen LogP contribution in [-0.4, -0.2) is 31.0 Å². The fourth-order valence-electron chi connectivity index (χ4n) is 2.93. The van der Waals surface area contributed by atoms with Gasteiger partial charge in [0.25, 0.3) is 21.8 Å². The SMILES string of the molecule is O=C1c2ccccc2C(=O)N1CSc1ccc(NS(=O)(=O)c2ccccc2)cc1. The summed E-state index contributed by atoms with van der Waals surface area (Å²) < 4.78 is 27.3. The summed E-state index contributed by atoms with van der Waals surface area (Å²) in [6.07, 6.45) is 0. The molecule has 0 aromatic heterocycles. The van der Waals surface area contributed by atoms with Crippen molar-refractivity contribution in [1.82, 2.24) is 4.90 Å². The second kappa shape index (κ2) is 7.73. The Labute approximate surface area is 172 Å². The molecule has 1 heterocycles. The molecule has 0 saturated heterocycles. The monoisotopic (exact) mass is 424 g/mol. The lowest BCUT2D eigenvalue weighted by Gasteiger charge is -2.13. The van der Waals surface area contributed by atoms with Crippen LogP contribution < -0.4 is 4.72 Å². The van der Waals surface area contributed by atoms with Gasteiger partial charge in [0.05, 0.1) is 21.9 Å². The van der Waals surface area contributed by atoms with Crippen LogP contribution >= 0.6 is 11.8 Å². The van der Waals surface area contributed by atoms with E-state index in [1.165, 1.54) is 28.8 Å². The van der Waals surface area contributed by atoms with Gasteiger partial charge in [0.2, 0.25) is 0 Å². The van der Waals surface area contributed by atoms with Crippen molar-refractivity contribution in [3.8, 4) is 0 Å². The lowest BCUT2D eigenvalue weighted by molar-refractivity contribution is 0.0684. The Balaban J connectivity index is 1.41. The zero-order valence-corrected chi connectivity index (χ0v) is 16.7. The molecule has 1 aliphatic heterocycles. The zero-order valence-electron chi connectivity index (χ0n) is 15.1. The summed E-state index contributed by atoms with van der Waals surface area (Å²) in [7, 11) is -3.65. The van der Waals surface area contributed by atoms with Crippen molar-refractivity contribution in [1.29, 1.82) is 0 Å². The fourth-order valence-corrected chi connectivity index (χ4v) is 4.85. The van der Waals surface area contributed by atoms with Crippen LogP contribution in [-0.2, 0) is 10.0 Å². The number of fused-ring (bicyclic) bond motifs is 1. The largest absolute Gasteiger partial charge is 0.280 e. The number of imide groups is 1. The number of sulfonamides is 1.